The fraction of sp³-hybridized carbons (Fsp3) is 0.318. The van der Waals surface area contributed by atoms with Crippen LogP contribution in [0.25, 0.3) is 16.2 Å². The highest BCUT2D eigenvalue weighted by molar-refractivity contribution is 7.98. The molecule has 168 valence electrons. The van der Waals surface area contributed by atoms with Crippen LogP contribution in [0, 0.1) is 0 Å². The van der Waals surface area contributed by atoms with Crippen LogP contribution < -0.4 is 0 Å². The number of pyridine rings is 1. The molecule has 0 radical (unpaired) electrons. The van der Waals surface area contributed by atoms with Crippen molar-refractivity contribution in [2.24, 2.45) is 0 Å². The highest BCUT2D eigenvalue weighted by atomic mass is 32.2. The van der Waals surface area contributed by atoms with Crippen molar-refractivity contribution in [1.29, 1.82) is 0 Å². The lowest BCUT2D eigenvalue weighted by Gasteiger charge is -2.18. The van der Waals surface area contributed by atoms with Gasteiger partial charge in [0.25, 0.3) is 0 Å². The van der Waals surface area contributed by atoms with Gasteiger partial charge in [-0.25, -0.2) is 13.4 Å². The molecule has 4 aromatic rings. The summed E-state index contributed by atoms with van der Waals surface area (Å²) in [4.78, 5) is 4.99. The molecule has 0 amide bonds. The number of sulfonamides is 1. The van der Waals surface area contributed by atoms with E-state index >= 15 is 0 Å². The van der Waals surface area contributed by atoms with E-state index in [9.17, 15) is 8.42 Å². The third kappa shape index (κ3) is 4.59. The summed E-state index contributed by atoms with van der Waals surface area (Å²) in [5.74, 6) is 0.622. The van der Waals surface area contributed by atoms with Gasteiger partial charge in [-0.1, -0.05) is 56.8 Å². The van der Waals surface area contributed by atoms with Gasteiger partial charge >= 0.3 is 0 Å². The Morgan fingerprint density at radius 1 is 1.03 bits per heavy atom. The van der Waals surface area contributed by atoms with Gasteiger partial charge in [0, 0.05) is 36.0 Å². The maximum Gasteiger partial charge on any atom is 0.244 e. The van der Waals surface area contributed by atoms with Gasteiger partial charge in [0.05, 0.1) is 10.6 Å². The lowest BCUT2D eigenvalue weighted by Crippen LogP contribution is -2.30. The van der Waals surface area contributed by atoms with Crippen LogP contribution in [0.15, 0.2) is 58.0 Å². The van der Waals surface area contributed by atoms with E-state index in [-0.39, 0.29) is 4.90 Å². The van der Waals surface area contributed by atoms with E-state index < -0.39 is 10.0 Å². The summed E-state index contributed by atoms with van der Waals surface area (Å²) in [6.45, 7) is 6.66. The number of hydrogen-bond acceptors (Lipinski definition) is 7. The van der Waals surface area contributed by atoms with E-state index in [1.807, 2.05) is 13.8 Å². The first kappa shape index (κ1) is 22.9. The van der Waals surface area contributed by atoms with Crippen LogP contribution >= 0.6 is 23.1 Å². The number of rotatable bonds is 9. The van der Waals surface area contributed by atoms with E-state index in [0.717, 1.165) is 22.7 Å². The molecule has 0 unspecified atom stereocenters. The van der Waals surface area contributed by atoms with Gasteiger partial charge in [-0.15, -0.1) is 21.5 Å². The molecule has 0 saturated heterocycles. The van der Waals surface area contributed by atoms with Crippen LogP contribution in [0.4, 0.5) is 0 Å². The van der Waals surface area contributed by atoms with Gasteiger partial charge in [-0.05, 0) is 24.1 Å². The number of aromatic nitrogens is 4. The lowest BCUT2D eigenvalue weighted by molar-refractivity contribution is 0.445. The molecule has 0 aliphatic rings. The first-order valence-corrected chi connectivity index (χ1v) is 13.8. The molecule has 0 aliphatic heterocycles. The van der Waals surface area contributed by atoms with Crippen molar-refractivity contribution >= 4 is 38.8 Å². The molecule has 3 aromatic heterocycles. The zero-order chi connectivity index (χ0) is 22.7. The Kier molecular flexibility index (Phi) is 6.94. The van der Waals surface area contributed by atoms with Crippen molar-refractivity contribution < 1.29 is 8.42 Å². The van der Waals surface area contributed by atoms with Crippen LogP contribution in [0.1, 0.15) is 32.0 Å². The number of thioether (sulfide) groups is 1. The highest BCUT2D eigenvalue weighted by Crippen LogP contribution is 2.28. The minimum atomic E-state index is -3.55. The third-order valence-corrected chi connectivity index (χ3v) is 9.15. The Balaban J connectivity index is 1.53. The third-order valence-electron chi connectivity index (χ3n) is 5.20. The van der Waals surface area contributed by atoms with Crippen molar-refractivity contribution in [2.45, 2.75) is 43.0 Å². The van der Waals surface area contributed by atoms with Crippen molar-refractivity contribution in [3.8, 4) is 10.6 Å². The summed E-state index contributed by atoms with van der Waals surface area (Å²) in [7, 11) is -3.55. The van der Waals surface area contributed by atoms with Crippen molar-refractivity contribution in [3.05, 3.63) is 59.2 Å². The number of aryl methyl sites for hydroxylation is 1. The van der Waals surface area contributed by atoms with Crippen molar-refractivity contribution in [1.82, 2.24) is 23.9 Å². The molecule has 0 atom stereocenters. The van der Waals surface area contributed by atoms with Gasteiger partial charge in [-0.3, -0.25) is 4.40 Å². The number of nitrogens with zero attached hydrogens (tertiary/aromatic N) is 5. The summed E-state index contributed by atoms with van der Waals surface area (Å²) >= 11 is 3.11. The SMILES string of the molecule is CCc1ccc(-c2nc(CSc3nnc4ccc(S(=O)(=O)N(CC)CC)cn34)cs2)cc1. The molecule has 0 N–H and O–H groups in total. The van der Waals surface area contributed by atoms with E-state index in [1.54, 1.807) is 34.1 Å². The van der Waals surface area contributed by atoms with Crippen LogP contribution in [-0.2, 0) is 22.2 Å². The minimum Gasteiger partial charge on any atom is -0.276 e. The Morgan fingerprint density at radius 3 is 2.47 bits per heavy atom. The standard InChI is InChI=1S/C22H25N5O2S3/c1-4-16-7-9-17(10-8-16)21-23-18(14-30-21)15-31-22-25-24-20-12-11-19(13-27(20)22)32(28,29)26(5-2)6-3/h7-14H,4-6,15H2,1-3H3. The molecule has 0 aliphatic carbocycles. The Labute approximate surface area is 196 Å². The van der Waals surface area contributed by atoms with E-state index in [0.29, 0.717) is 29.6 Å². The first-order chi connectivity index (χ1) is 15.5. The molecule has 7 nitrogen and oxygen atoms in total. The topological polar surface area (TPSA) is 80.5 Å². The maximum atomic E-state index is 12.9. The predicted molar refractivity (Wildman–Crippen MR) is 130 cm³/mol. The number of thiazole rings is 1. The Hall–Kier alpha value is -2.27. The number of fused-ring (bicyclic) bond motifs is 1. The van der Waals surface area contributed by atoms with Crippen LogP contribution in [-0.4, -0.2) is 45.4 Å². The quantitative estimate of drug-likeness (QED) is 0.317. The molecule has 0 bridgehead atoms. The smallest absolute Gasteiger partial charge is 0.244 e. The highest BCUT2D eigenvalue weighted by Gasteiger charge is 2.23. The van der Waals surface area contributed by atoms with E-state index in [4.69, 9.17) is 4.98 Å². The summed E-state index contributed by atoms with van der Waals surface area (Å²) in [5, 5.41) is 12.1. The minimum absolute atomic E-state index is 0.238. The maximum absolute atomic E-state index is 12.9. The number of hydrogen-bond donors (Lipinski definition) is 0. The van der Waals surface area contributed by atoms with Crippen molar-refractivity contribution in [2.75, 3.05) is 13.1 Å². The van der Waals surface area contributed by atoms with Gasteiger partial charge < -0.3 is 0 Å². The largest absolute Gasteiger partial charge is 0.276 e. The van der Waals surface area contributed by atoms with Gasteiger partial charge in [-0.2, -0.15) is 4.31 Å². The van der Waals surface area contributed by atoms with Gasteiger partial charge in [0.2, 0.25) is 10.0 Å². The molecule has 0 saturated carbocycles. The van der Waals surface area contributed by atoms with E-state index in [1.165, 1.54) is 21.6 Å². The van der Waals surface area contributed by atoms with Crippen LogP contribution in [0.2, 0.25) is 0 Å². The fourth-order valence-electron chi connectivity index (χ4n) is 3.34. The second kappa shape index (κ2) is 9.70. The van der Waals surface area contributed by atoms with E-state index in [2.05, 4.69) is 46.8 Å². The Bertz CT molecular complexity index is 1310. The zero-order valence-electron chi connectivity index (χ0n) is 18.2. The summed E-state index contributed by atoms with van der Waals surface area (Å²) in [6.07, 6.45) is 2.62. The fourth-order valence-corrected chi connectivity index (χ4v) is 6.54. The normalized spacial score (nSPS) is 12.1. The number of benzene rings is 1. The molecule has 32 heavy (non-hydrogen) atoms. The second-order valence-electron chi connectivity index (χ2n) is 7.15. The lowest BCUT2D eigenvalue weighted by atomic mass is 10.1. The van der Waals surface area contributed by atoms with Crippen LogP contribution in [0.5, 0.6) is 0 Å². The average Bonchev–Trinajstić information content (AvgIpc) is 3.45. The summed E-state index contributed by atoms with van der Waals surface area (Å²) < 4.78 is 28.9. The molecule has 10 heteroatoms. The predicted octanol–water partition coefficient (Wildman–Crippen LogP) is 4.74. The average molecular weight is 488 g/mol. The zero-order valence-corrected chi connectivity index (χ0v) is 20.7. The first-order valence-electron chi connectivity index (χ1n) is 10.5. The van der Waals surface area contributed by atoms with Crippen LogP contribution in [0.3, 0.4) is 0 Å². The molecule has 0 spiro atoms. The molecular formula is C22H25N5O2S3. The second-order valence-corrected chi connectivity index (χ2v) is 10.9. The molecule has 1 aromatic carbocycles. The van der Waals surface area contributed by atoms with Gasteiger partial charge in [0.1, 0.15) is 5.01 Å². The Morgan fingerprint density at radius 2 is 1.78 bits per heavy atom. The molecule has 3 heterocycles. The summed E-state index contributed by atoms with van der Waals surface area (Å²) in [5.41, 5.74) is 3.99. The van der Waals surface area contributed by atoms with Crippen molar-refractivity contribution in [3.63, 3.8) is 0 Å². The summed E-state index contributed by atoms with van der Waals surface area (Å²) in [6, 6.07) is 11.8. The monoisotopic (exact) mass is 487 g/mol. The molecular weight excluding hydrogens is 462 g/mol. The molecule has 4 rings (SSSR count). The molecule has 0 fully saturated rings. The van der Waals surface area contributed by atoms with Gasteiger partial charge in [0.15, 0.2) is 10.8 Å².